The van der Waals surface area contributed by atoms with Gasteiger partial charge in [-0.05, 0) is 22.3 Å². The molecule has 2 aromatic rings. The van der Waals surface area contributed by atoms with E-state index in [0.29, 0.717) is 0 Å². The van der Waals surface area contributed by atoms with Gasteiger partial charge >= 0.3 is 35.9 Å². The van der Waals surface area contributed by atoms with Crippen LogP contribution in [-0.2, 0) is 57.1 Å². The molecular weight excluding hydrogens is 622 g/mol. The number of fused-ring (bicyclic) bond motifs is 3. The van der Waals surface area contributed by atoms with E-state index in [1.165, 1.54) is 0 Å². The summed E-state index contributed by atoms with van der Waals surface area (Å²) in [6.07, 6.45) is -10.5. The van der Waals surface area contributed by atoms with Crippen molar-refractivity contribution >= 4 is 35.9 Å². The maximum absolute atomic E-state index is 12.7. The Labute approximate surface area is 269 Å². The monoisotopic (exact) mass is 657 g/mol. The largest absolute Gasteiger partial charge is 0.479 e. The lowest BCUT2D eigenvalue weighted by Gasteiger charge is -2.44. The Bertz CT molecular complexity index is 1460. The summed E-state index contributed by atoms with van der Waals surface area (Å²) in [5.74, 6) is -5.11. The minimum absolute atomic E-state index is 0.0296. The van der Waals surface area contributed by atoms with E-state index in [2.05, 4.69) is 5.32 Å². The Hall–Kier alpha value is -5.02. The number of carbonyl (C=O) groups excluding carboxylic acids is 5. The zero-order valence-electron chi connectivity index (χ0n) is 26.0. The molecule has 1 amide bonds. The van der Waals surface area contributed by atoms with Crippen molar-refractivity contribution in [2.24, 2.45) is 0 Å². The van der Waals surface area contributed by atoms with Crippen molar-refractivity contribution in [1.29, 1.82) is 0 Å². The summed E-state index contributed by atoms with van der Waals surface area (Å²) in [4.78, 5) is 72.5. The third kappa shape index (κ3) is 8.83. The number of hydrogen-bond acceptors (Lipinski definition) is 13. The first kappa shape index (κ1) is 34.8. The van der Waals surface area contributed by atoms with E-state index in [4.69, 9.17) is 33.2 Å². The SMILES string of the molecule is CC(=O)OC[C@H]1O[C@@H](O[C@@H](CNC(=O)OCC2c3ccccc3-c3ccccc32)C(=O)O)[C@H](OC(C)=O)[C@@H](OC(C)=O)[C@@H]1OC(C)=O. The van der Waals surface area contributed by atoms with Crippen LogP contribution in [0.5, 0.6) is 0 Å². The van der Waals surface area contributed by atoms with Crippen LogP contribution >= 0.6 is 0 Å². The number of aliphatic carboxylic acids is 1. The van der Waals surface area contributed by atoms with Crippen molar-refractivity contribution in [3.8, 4) is 11.1 Å². The van der Waals surface area contributed by atoms with Crippen LogP contribution in [0.3, 0.4) is 0 Å². The van der Waals surface area contributed by atoms with E-state index in [1.807, 2.05) is 48.5 Å². The van der Waals surface area contributed by atoms with Crippen molar-refractivity contribution in [2.75, 3.05) is 19.8 Å². The minimum atomic E-state index is -1.81. The third-order valence-corrected chi connectivity index (χ3v) is 7.30. The van der Waals surface area contributed by atoms with Crippen LogP contribution in [0, 0.1) is 0 Å². The Morgan fingerprint density at radius 3 is 1.79 bits per heavy atom. The van der Waals surface area contributed by atoms with Gasteiger partial charge in [-0.15, -0.1) is 0 Å². The molecule has 1 saturated heterocycles. The van der Waals surface area contributed by atoms with Crippen molar-refractivity contribution in [3.63, 3.8) is 0 Å². The number of rotatable bonds is 12. The van der Waals surface area contributed by atoms with Crippen molar-refractivity contribution in [3.05, 3.63) is 59.7 Å². The fourth-order valence-electron chi connectivity index (χ4n) is 5.48. The molecule has 1 aliphatic carbocycles. The Balaban J connectivity index is 1.48. The first-order valence-corrected chi connectivity index (χ1v) is 14.6. The first-order chi connectivity index (χ1) is 22.3. The lowest BCUT2D eigenvalue weighted by atomic mass is 9.98. The van der Waals surface area contributed by atoms with Crippen molar-refractivity contribution in [2.45, 2.75) is 70.4 Å². The highest BCUT2D eigenvalue weighted by Crippen LogP contribution is 2.44. The number of carboxylic acid groups (broad SMARTS) is 1. The van der Waals surface area contributed by atoms with Crippen LogP contribution in [0.4, 0.5) is 4.79 Å². The van der Waals surface area contributed by atoms with Gasteiger partial charge in [0.15, 0.2) is 30.7 Å². The van der Waals surface area contributed by atoms with E-state index in [9.17, 15) is 33.9 Å². The average Bonchev–Trinajstić information content (AvgIpc) is 3.32. The van der Waals surface area contributed by atoms with Gasteiger partial charge in [0.05, 0.1) is 6.54 Å². The molecule has 15 heteroatoms. The Morgan fingerprint density at radius 1 is 0.723 bits per heavy atom. The number of nitrogens with one attached hydrogen (secondary N) is 1. The highest BCUT2D eigenvalue weighted by Gasteiger charge is 2.53. The molecule has 252 valence electrons. The average molecular weight is 658 g/mol. The van der Waals surface area contributed by atoms with Crippen LogP contribution in [0.2, 0.25) is 0 Å². The molecule has 2 aromatic carbocycles. The van der Waals surface area contributed by atoms with Crippen LogP contribution in [0.1, 0.15) is 44.7 Å². The number of esters is 4. The maximum atomic E-state index is 12.7. The molecule has 0 radical (unpaired) electrons. The predicted octanol–water partition coefficient (Wildman–Crippen LogP) is 2.08. The van der Waals surface area contributed by atoms with Crippen LogP contribution in [0.25, 0.3) is 11.1 Å². The summed E-state index contributed by atoms with van der Waals surface area (Å²) in [5, 5.41) is 12.3. The smallest absolute Gasteiger partial charge is 0.407 e. The zero-order chi connectivity index (χ0) is 34.2. The molecule has 1 aliphatic heterocycles. The second-order valence-electron chi connectivity index (χ2n) is 10.7. The van der Waals surface area contributed by atoms with Gasteiger partial charge in [0.2, 0.25) is 0 Å². The van der Waals surface area contributed by atoms with E-state index in [-0.39, 0.29) is 12.5 Å². The van der Waals surface area contributed by atoms with E-state index in [1.54, 1.807) is 0 Å². The Morgan fingerprint density at radius 2 is 1.26 bits per heavy atom. The highest BCUT2D eigenvalue weighted by atomic mass is 16.7. The lowest BCUT2D eigenvalue weighted by Crippen LogP contribution is -2.63. The van der Waals surface area contributed by atoms with Gasteiger partial charge in [0.25, 0.3) is 0 Å². The van der Waals surface area contributed by atoms with Gasteiger partial charge in [0, 0.05) is 33.6 Å². The molecule has 1 fully saturated rings. The molecule has 15 nitrogen and oxygen atoms in total. The summed E-state index contributed by atoms with van der Waals surface area (Å²) in [6, 6.07) is 15.5. The van der Waals surface area contributed by atoms with Crippen LogP contribution < -0.4 is 5.32 Å². The van der Waals surface area contributed by atoms with E-state index >= 15 is 0 Å². The lowest BCUT2D eigenvalue weighted by molar-refractivity contribution is -0.315. The van der Waals surface area contributed by atoms with E-state index in [0.717, 1.165) is 49.9 Å². The highest BCUT2D eigenvalue weighted by molar-refractivity contribution is 5.79. The number of hydrogen-bond donors (Lipinski definition) is 2. The summed E-state index contributed by atoms with van der Waals surface area (Å²) in [7, 11) is 0. The van der Waals surface area contributed by atoms with Crippen LogP contribution in [0.15, 0.2) is 48.5 Å². The second-order valence-corrected chi connectivity index (χ2v) is 10.7. The van der Waals surface area contributed by atoms with Gasteiger partial charge in [-0.2, -0.15) is 0 Å². The number of carboxylic acids is 1. The molecule has 2 aliphatic rings. The fraction of sp³-hybridized carbons (Fsp3) is 0.438. The molecule has 0 unspecified atom stereocenters. The normalized spacial score (nSPS) is 22.1. The number of ether oxygens (including phenoxy) is 7. The molecule has 0 saturated carbocycles. The van der Waals surface area contributed by atoms with Gasteiger partial charge in [0.1, 0.15) is 19.3 Å². The van der Waals surface area contributed by atoms with Crippen molar-refractivity contribution in [1.82, 2.24) is 5.32 Å². The summed E-state index contributed by atoms with van der Waals surface area (Å²) >= 11 is 0. The van der Waals surface area contributed by atoms with Gasteiger partial charge in [-0.1, -0.05) is 48.5 Å². The second kappa shape index (κ2) is 15.5. The molecule has 47 heavy (non-hydrogen) atoms. The minimum Gasteiger partial charge on any atom is -0.479 e. The van der Waals surface area contributed by atoms with Crippen molar-refractivity contribution < 1.29 is 67.0 Å². The quantitative estimate of drug-likeness (QED) is 0.248. The molecule has 0 aromatic heterocycles. The molecule has 6 atom stereocenters. The number of amides is 1. The number of carbonyl (C=O) groups is 6. The van der Waals surface area contributed by atoms with Crippen LogP contribution in [-0.4, -0.2) is 97.6 Å². The molecule has 4 rings (SSSR count). The Kier molecular flexibility index (Phi) is 11.5. The predicted molar refractivity (Wildman–Crippen MR) is 158 cm³/mol. The number of benzene rings is 2. The van der Waals surface area contributed by atoms with Gasteiger partial charge in [-0.25, -0.2) is 9.59 Å². The molecule has 0 bridgehead atoms. The topological polar surface area (TPSA) is 199 Å². The molecule has 2 N–H and O–H groups in total. The summed E-state index contributed by atoms with van der Waals surface area (Å²) in [5.41, 5.74) is 4.02. The molecule has 0 spiro atoms. The molecule has 1 heterocycles. The third-order valence-electron chi connectivity index (χ3n) is 7.30. The number of alkyl carbamates (subject to hydrolysis) is 1. The summed E-state index contributed by atoms with van der Waals surface area (Å²) < 4.78 is 37.8. The summed E-state index contributed by atoms with van der Waals surface area (Å²) in [6.45, 7) is 3.05. The standard InChI is InChI=1S/C32H35NO14/c1-16(34)41-15-26-27(43-17(2)35)28(44-18(3)36)29(45-19(4)37)31(47-26)46-25(30(38)39)13-33-32(40)42-14-24-22-11-7-5-9-20(22)21-10-6-8-12-23(21)24/h5-12,24-29,31H,13-15H2,1-4H3,(H,33,40)(H,38,39)/t25-,26+,27+,28-,29+,31+/m0/s1. The van der Waals surface area contributed by atoms with Gasteiger partial charge in [-0.3, -0.25) is 19.2 Å². The maximum Gasteiger partial charge on any atom is 0.407 e. The fourth-order valence-corrected chi connectivity index (χ4v) is 5.48. The first-order valence-electron chi connectivity index (χ1n) is 14.6. The van der Waals surface area contributed by atoms with E-state index < -0.39 is 85.9 Å². The molecular formula is C32H35NO14. The van der Waals surface area contributed by atoms with Gasteiger partial charge < -0.3 is 43.6 Å². The zero-order valence-corrected chi connectivity index (χ0v) is 26.0.